The average molecular weight is 370 g/mol. The number of ether oxygens (including phenoxy) is 2. The first-order valence-electron chi connectivity index (χ1n) is 8.24. The molecule has 140 valence electrons. The zero-order chi connectivity index (χ0) is 20.0. The molecule has 2 atom stereocenters. The number of nitrogens with zero attached hydrogens (tertiary/aromatic N) is 1. The van der Waals surface area contributed by atoms with Crippen LogP contribution in [0.3, 0.4) is 0 Å². The highest BCUT2D eigenvalue weighted by Crippen LogP contribution is 2.16. The first kappa shape index (κ1) is 19.9. The van der Waals surface area contributed by atoms with Crippen LogP contribution < -0.4 is 10.1 Å². The summed E-state index contributed by atoms with van der Waals surface area (Å²) in [6.07, 6.45) is -2.04. The van der Waals surface area contributed by atoms with Crippen LogP contribution in [-0.4, -0.2) is 24.1 Å². The quantitative estimate of drug-likeness (QED) is 0.788. The van der Waals surface area contributed by atoms with Gasteiger partial charge in [0.05, 0.1) is 11.6 Å². The van der Waals surface area contributed by atoms with Gasteiger partial charge in [-0.2, -0.15) is 5.26 Å². The average Bonchev–Trinajstić information content (AvgIpc) is 2.65. The van der Waals surface area contributed by atoms with Gasteiger partial charge in [-0.05, 0) is 62.7 Å². The van der Waals surface area contributed by atoms with Gasteiger partial charge in [0, 0.05) is 5.69 Å². The van der Waals surface area contributed by atoms with Gasteiger partial charge >= 0.3 is 5.97 Å². The minimum absolute atomic E-state index is 0.271. The first-order chi connectivity index (χ1) is 12.8. The van der Waals surface area contributed by atoms with Crippen molar-refractivity contribution in [3.8, 4) is 11.8 Å². The van der Waals surface area contributed by atoms with E-state index in [0.717, 1.165) is 0 Å². The van der Waals surface area contributed by atoms with Crippen molar-refractivity contribution in [2.24, 2.45) is 0 Å². The third kappa shape index (κ3) is 5.54. The summed E-state index contributed by atoms with van der Waals surface area (Å²) in [5.41, 5.74) is 1.20. The molecular formula is C20H19FN2O4. The topological polar surface area (TPSA) is 88.4 Å². The lowest BCUT2D eigenvalue weighted by atomic mass is 10.2. The van der Waals surface area contributed by atoms with Crippen LogP contribution in [0.2, 0.25) is 0 Å². The van der Waals surface area contributed by atoms with Crippen molar-refractivity contribution in [3.05, 3.63) is 59.4 Å². The van der Waals surface area contributed by atoms with Gasteiger partial charge in [0.15, 0.2) is 12.2 Å². The molecular weight excluding hydrogens is 351 g/mol. The zero-order valence-corrected chi connectivity index (χ0v) is 15.2. The van der Waals surface area contributed by atoms with Gasteiger partial charge in [-0.3, -0.25) is 4.79 Å². The second kappa shape index (κ2) is 8.81. The van der Waals surface area contributed by atoms with E-state index < -0.39 is 29.9 Å². The third-order valence-corrected chi connectivity index (χ3v) is 3.73. The van der Waals surface area contributed by atoms with E-state index >= 15 is 0 Å². The van der Waals surface area contributed by atoms with E-state index in [0.29, 0.717) is 16.9 Å². The van der Waals surface area contributed by atoms with Gasteiger partial charge in [-0.25, -0.2) is 9.18 Å². The van der Waals surface area contributed by atoms with E-state index in [9.17, 15) is 14.0 Å². The number of halogens is 1. The summed E-state index contributed by atoms with van der Waals surface area (Å²) in [5, 5.41) is 11.2. The Morgan fingerprint density at radius 3 is 2.37 bits per heavy atom. The molecule has 6 nitrogen and oxygen atoms in total. The Balaban J connectivity index is 1.89. The van der Waals surface area contributed by atoms with E-state index in [1.54, 1.807) is 37.3 Å². The van der Waals surface area contributed by atoms with E-state index in [1.807, 2.05) is 6.07 Å². The molecule has 0 bridgehead atoms. The standard InChI is InChI=1S/C20H19FN2O4/c1-12-4-7-16(10-18(12)21)23-19(24)13(2)27-20(25)14(3)26-17-8-5-15(11-22)6-9-17/h4-10,13-14H,1-3H3,(H,23,24)/t13-,14-/m1/s1. The summed E-state index contributed by atoms with van der Waals surface area (Å²) in [6.45, 7) is 4.51. The molecule has 1 N–H and O–H groups in total. The molecule has 7 heteroatoms. The molecule has 0 aliphatic carbocycles. The maximum absolute atomic E-state index is 13.5. The predicted octanol–water partition coefficient (Wildman–Crippen LogP) is 3.34. The largest absolute Gasteiger partial charge is 0.479 e. The Hall–Kier alpha value is -3.40. The summed E-state index contributed by atoms with van der Waals surface area (Å²) in [7, 11) is 0. The van der Waals surface area contributed by atoms with Gasteiger partial charge in [0.25, 0.3) is 5.91 Å². The minimum Gasteiger partial charge on any atom is -0.479 e. The van der Waals surface area contributed by atoms with Crippen LogP contribution >= 0.6 is 0 Å². The second-order valence-corrected chi connectivity index (χ2v) is 5.93. The van der Waals surface area contributed by atoms with Crippen LogP contribution in [0.5, 0.6) is 5.75 Å². The van der Waals surface area contributed by atoms with E-state index in [2.05, 4.69) is 5.32 Å². The zero-order valence-electron chi connectivity index (χ0n) is 15.2. The molecule has 27 heavy (non-hydrogen) atoms. The number of carbonyl (C=O) groups excluding carboxylic acids is 2. The second-order valence-electron chi connectivity index (χ2n) is 5.93. The fourth-order valence-corrected chi connectivity index (χ4v) is 2.10. The number of hydrogen-bond donors (Lipinski definition) is 1. The smallest absolute Gasteiger partial charge is 0.347 e. The summed E-state index contributed by atoms with van der Waals surface area (Å²) in [5.74, 6) is -1.36. The lowest BCUT2D eigenvalue weighted by Gasteiger charge is -2.18. The fourth-order valence-electron chi connectivity index (χ4n) is 2.10. The number of benzene rings is 2. The van der Waals surface area contributed by atoms with Crippen LogP contribution in [-0.2, 0) is 14.3 Å². The van der Waals surface area contributed by atoms with Crippen molar-refractivity contribution in [3.63, 3.8) is 0 Å². The van der Waals surface area contributed by atoms with Crippen molar-refractivity contribution < 1.29 is 23.5 Å². The Kier molecular flexibility index (Phi) is 6.50. The molecule has 0 saturated carbocycles. The lowest BCUT2D eigenvalue weighted by Crippen LogP contribution is -2.35. The normalized spacial score (nSPS) is 12.4. The number of hydrogen-bond acceptors (Lipinski definition) is 5. The third-order valence-electron chi connectivity index (χ3n) is 3.73. The van der Waals surface area contributed by atoms with E-state index in [4.69, 9.17) is 14.7 Å². The molecule has 0 aromatic heterocycles. The number of amides is 1. The highest BCUT2D eigenvalue weighted by atomic mass is 19.1. The maximum atomic E-state index is 13.5. The Labute approximate surface area is 156 Å². The van der Waals surface area contributed by atoms with Gasteiger partial charge in [0.1, 0.15) is 11.6 Å². The molecule has 2 aromatic rings. The van der Waals surface area contributed by atoms with Crippen molar-refractivity contribution >= 4 is 17.6 Å². The molecule has 2 rings (SSSR count). The van der Waals surface area contributed by atoms with Crippen molar-refractivity contribution in [1.29, 1.82) is 5.26 Å². The number of nitriles is 1. The lowest BCUT2D eigenvalue weighted by molar-refractivity contribution is -0.159. The summed E-state index contributed by atoms with van der Waals surface area (Å²) in [4.78, 5) is 24.2. The molecule has 2 aromatic carbocycles. The monoisotopic (exact) mass is 370 g/mol. The molecule has 0 aliphatic rings. The molecule has 0 unspecified atom stereocenters. The molecule has 0 spiro atoms. The number of esters is 1. The van der Waals surface area contributed by atoms with Crippen molar-refractivity contribution in [2.75, 3.05) is 5.32 Å². The summed E-state index contributed by atoms with van der Waals surface area (Å²) in [6, 6.07) is 12.5. The fraction of sp³-hybridized carbons (Fsp3) is 0.250. The van der Waals surface area contributed by atoms with Gasteiger partial charge in [0.2, 0.25) is 0 Å². The molecule has 0 aliphatic heterocycles. The Morgan fingerprint density at radius 1 is 1.11 bits per heavy atom. The SMILES string of the molecule is Cc1ccc(NC(=O)[C@@H](C)OC(=O)[C@@H](C)Oc2ccc(C#N)cc2)cc1F. The highest BCUT2D eigenvalue weighted by molar-refractivity contribution is 5.95. The van der Waals surface area contributed by atoms with Crippen LogP contribution in [0.1, 0.15) is 25.0 Å². The van der Waals surface area contributed by atoms with Gasteiger partial charge in [-0.15, -0.1) is 0 Å². The molecule has 0 heterocycles. The van der Waals surface area contributed by atoms with Gasteiger partial charge < -0.3 is 14.8 Å². The van der Waals surface area contributed by atoms with Crippen LogP contribution in [0.4, 0.5) is 10.1 Å². The summed E-state index contributed by atoms with van der Waals surface area (Å²) < 4.78 is 24.1. The predicted molar refractivity (Wildman–Crippen MR) is 96.6 cm³/mol. The Bertz CT molecular complexity index is 875. The molecule has 0 fully saturated rings. The number of anilines is 1. The van der Waals surface area contributed by atoms with Gasteiger partial charge in [-0.1, -0.05) is 6.07 Å². The molecule has 0 radical (unpaired) electrons. The van der Waals surface area contributed by atoms with Crippen LogP contribution in [0.15, 0.2) is 42.5 Å². The number of rotatable bonds is 6. The van der Waals surface area contributed by atoms with Crippen molar-refractivity contribution in [1.82, 2.24) is 0 Å². The number of carbonyl (C=O) groups is 2. The molecule has 1 amide bonds. The first-order valence-corrected chi connectivity index (χ1v) is 8.24. The Morgan fingerprint density at radius 2 is 1.78 bits per heavy atom. The van der Waals surface area contributed by atoms with Crippen LogP contribution in [0, 0.1) is 24.1 Å². The minimum atomic E-state index is -1.09. The van der Waals surface area contributed by atoms with E-state index in [1.165, 1.54) is 26.0 Å². The van der Waals surface area contributed by atoms with Crippen molar-refractivity contribution in [2.45, 2.75) is 33.0 Å². The maximum Gasteiger partial charge on any atom is 0.347 e. The van der Waals surface area contributed by atoms with Crippen LogP contribution in [0.25, 0.3) is 0 Å². The number of aryl methyl sites for hydroxylation is 1. The highest BCUT2D eigenvalue weighted by Gasteiger charge is 2.23. The molecule has 0 saturated heterocycles. The van der Waals surface area contributed by atoms with E-state index in [-0.39, 0.29) is 5.69 Å². The number of nitrogens with one attached hydrogen (secondary N) is 1. The summed E-state index contributed by atoms with van der Waals surface area (Å²) >= 11 is 0.